The zero-order valence-electron chi connectivity index (χ0n) is 17.2. The van der Waals surface area contributed by atoms with Crippen LogP contribution in [0.5, 0.6) is 0 Å². The molecule has 0 unspecified atom stereocenters. The highest BCUT2D eigenvalue weighted by Gasteiger charge is 2.52. The van der Waals surface area contributed by atoms with Gasteiger partial charge in [0, 0.05) is 0 Å². The van der Waals surface area contributed by atoms with E-state index < -0.39 is 18.3 Å². The Kier molecular flexibility index (Phi) is 4.25. The summed E-state index contributed by atoms with van der Waals surface area (Å²) in [6, 6.07) is 11.6. The standard InChI is InChI=1S/C22H25BN2O3/c1-14-10-11-18-16(12-14)20(26)25(13-24-18)19-9-7-8-17(15(19)2)23-27-21(3,4)22(5,6)28-23/h7-13H,1-6H3. The third-order valence-corrected chi connectivity index (χ3v) is 6.03. The van der Waals surface area contributed by atoms with E-state index in [4.69, 9.17) is 9.31 Å². The highest BCUT2D eigenvalue weighted by molar-refractivity contribution is 6.62. The van der Waals surface area contributed by atoms with Crippen LogP contribution in [0.15, 0.2) is 47.5 Å². The van der Waals surface area contributed by atoms with Gasteiger partial charge in [0.1, 0.15) is 6.33 Å². The first kappa shape index (κ1) is 18.9. The van der Waals surface area contributed by atoms with Gasteiger partial charge in [-0.25, -0.2) is 4.98 Å². The number of hydrogen-bond donors (Lipinski definition) is 0. The number of rotatable bonds is 2. The number of nitrogens with zero attached hydrogens (tertiary/aromatic N) is 2. The quantitative estimate of drug-likeness (QED) is 0.644. The molecule has 4 rings (SSSR count). The van der Waals surface area contributed by atoms with E-state index in [0.717, 1.165) is 22.3 Å². The zero-order valence-corrected chi connectivity index (χ0v) is 17.2. The van der Waals surface area contributed by atoms with Crippen molar-refractivity contribution >= 4 is 23.5 Å². The van der Waals surface area contributed by atoms with Gasteiger partial charge >= 0.3 is 7.12 Å². The maximum atomic E-state index is 13.1. The summed E-state index contributed by atoms with van der Waals surface area (Å²) in [5, 5.41) is 0.614. The summed E-state index contributed by atoms with van der Waals surface area (Å²) in [7, 11) is -0.476. The van der Waals surface area contributed by atoms with Gasteiger partial charge in [0.2, 0.25) is 0 Å². The van der Waals surface area contributed by atoms with Crippen LogP contribution in [0, 0.1) is 13.8 Å². The summed E-state index contributed by atoms with van der Waals surface area (Å²) in [5.74, 6) is 0. The number of hydrogen-bond acceptors (Lipinski definition) is 4. The van der Waals surface area contributed by atoms with Crippen LogP contribution in [0.25, 0.3) is 16.6 Å². The summed E-state index contributed by atoms with van der Waals surface area (Å²) >= 11 is 0. The molecule has 0 amide bonds. The molecule has 1 aliphatic heterocycles. The molecule has 28 heavy (non-hydrogen) atoms. The molecule has 0 aliphatic carbocycles. The van der Waals surface area contributed by atoms with Crippen molar-refractivity contribution in [3.05, 3.63) is 64.2 Å². The van der Waals surface area contributed by atoms with Gasteiger partial charge in [-0.1, -0.05) is 23.8 Å². The Hall–Kier alpha value is -2.44. The summed E-state index contributed by atoms with van der Waals surface area (Å²) in [6.07, 6.45) is 1.59. The highest BCUT2D eigenvalue weighted by Crippen LogP contribution is 2.36. The van der Waals surface area contributed by atoms with Crippen molar-refractivity contribution < 1.29 is 9.31 Å². The van der Waals surface area contributed by atoms with E-state index in [9.17, 15) is 4.79 Å². The van der Waals surface area contributed by atoms with Crippen LogP contribution in [0.4, 0.5) is 0 Å². The Morgan fingerprint density at radius 1 is 1.00 bits per heavy atom. The monoisotopic (exact) mass is 376 g/mol. The molecule has 1 saturated heterocycles. The number of aromatic nitrogens is 2. The lowest BCUT2D eigenvalue weighted by molar-refractivity contribution is 0.00578. The van der Waals surface area contributed by atoms with Crippen LogP contribution in [-0.4, -0.2) is 27.9 Å². The van der Waals surface area contributed by atoms with Crippen LogP contribution in [0.1, 0.15) is 38.8 Å². The number of benzene rings is 2. The molecule has 1 aromatic heterocycles. The van der Waals surface area contributed by atoms with Crippen LogP contribution in [0.2, 0.25) is 0 Å². The fourth-order valence-electron chi connectivity index (χ4n) is 3.53. The Bertz CT molecular complexity index is 1120. The van der Waals surface area contributed by atoms with Crippen LogP contribution in [-0.2, 0) is 9.31 Å². The minimum atomic E-state index is -0.476. The van der Waals surface area contributed by atoms with E-state index in [2.05, 4.69) is 4.98 Å². The largest absolute Gasteiger partial charge is 0.495 e. The molecule has 1 aliphatic rings. The topological polar surface area (TPSA) is 53.4 Å². The lowest BCUT2D eigenvalue weighted by atomic mass is 9.76. The molecule has 3 aromatic rings. The summed E-state index contributed by atoms with van der Waals surface area (Å²) in [5.41, 5.74) is 3.47. The smallest absolute Gasteiger partial charge is 0.399 e. The fraction of sp³-hybridized carbons (Fsp3) is 0.364. The zero-order chi connectivity index (χ0) is 20.3. The SMILES string of the molecule is Cc1ccc2ncn(-c3cccc(B4OC(C)(C)C(C)(C)O4)c3C)c(=O)c2c1. The van der Waals surface area contributed by atoms with Gasteiger partial charge in [0.05, 0.1) is 27.8 Å². The third kappa shape index (κ3) is 2.88. The molecule has 0 radical (unpaired) electrons. The third-order valence-electron chi connectivity index (χ3n) is 6.03. The highest BCUT2D eigenvalue weighted by atomic mass is 16.7. The molecule has 6 heteroatoms. The van der Waals surface area contributed by atoms with Crippen molar-refractivity contribution in [3.8, 4) is 5.69 Å². The van der Waals surface area contributed by atoms with Gasteiger partial charge in [0.15, 0.2) is 0 Å². The summed E-state index contributed by atoms with van der Waals surface area (Å²) in [4.78, 5) is 17.6. The van der Waals surface area contributed by atoms with Gasteiger partial charge in [-0.3, -0.25) is 9.36 Å². The van der Waals surface area contributed by atoms with E-state index in [1.54, 1.807) is 10.9 Å². The van der Waals surface area contributed by atoms with E-state index in [1.807, 2.05) is 77.9 Å². The molecule has 2 heterocycles. The van der Waals surface area contributed by atoms with Crippen molar-refractivity contribution in [1.29, 1.82) is 0 Å². The minimum Gasteiger partial charge on any atom is -0.399 e. The van der Waals surface area contributed by atoms with Gasteiger partial charge in [0.25, 0.3) is 5.56 Å². The predicted octanol–water partition coefficient (Wildman–Crippen LogP) is 3.30. The minimum absolute atomic E-state index is 0.0807. The Morgan fingerprint density at radius 2 is 1.68 bits per heavy atom. The average Bonchev–Trinajstić information content (AvgIpc) is 2.84. The first-order valence-electron chi connectivity index (χ1n) is 9.54. The first-order valence-corrected chi connectivity index (χ1v) is 9.54. The summed E-state index contributed by atoms with van der Waals surface area (Å²) < 4.78 is 14.0. The van der Waals surface area contributed by atoms with E-state index >= 15 is 0 Å². The first-order chi connectivity index (χ1) is 13.1. The van der Waals surface area contributed by atoms with Crippen molar-refractivity contribution in [2.24, 2.45) is 0 Å². The second-order valence-corrected chi connectivity index (χ2v) is 8.52. The molecular weight excluding hydrogens is 351 g/mol. The second kappa shape index (κ2) is 6.29. The van der Waals surface area contributed by atoms with Crippen LogP contribution >= 0.6 is 0 Å². The molecule has 0 spiro atoms. The molecule has 2 aromatic carbocycles. The lowest BCUT2D eigenvalue weighted by Gasteiger charge is -2.32. The van der Waals surface area contributed by atoms with Crippen molar-refractivity contribution in [2.75, 3.05) is 0 Å². The lowest BCUT2D eigenvalue weighted by Crippen LogP contribution is -2.41. The fourth-order valence-corrected chi connectivity index (χ4v) is 3.53. The van der Waals surface area contributed by atoms with Crippen LogP contribution in [0.3, 0.4) is 0 Å². The number of aryl methyl sites for hydroxylation is 1. The van der Waals surface area contributed by atoms with Crippen molar-refractivity contribution in [1.82, 2.24) is 9.55 Å². The molecule has 0 N–H and O–H groups in total. The van der Waals surface area contributed by atoms with E-state index in [-0.39, 0.29) is 5.56 Å². The second-order valence-electron chi connectivity index (χ2n) is 8.52. The molecule has 0 bridgehead atoms. The molecule has 0 saturated carbocycles. The molecule has 144 valence electrons. The molecule has 0 atom stereocenters. The molecule has 1 fully saturated rings. The number of fused-ring (bicyclic) bond motifs is 1. The summed E-state index contributed by atoms with van der Waals surface area (Å²) in [6.45, 7) is 12.1. The predicted molar refractivity (Wildman–Crippen MR) is 113 cm³/mol. The molecule has 5 nitrogen and oxygen atoms in total. The van der Waals surface area contributed by atoms with E-state index in [1.165, 1.54) is 0 Å². The molecular formula is C22H25BN2O3. The average molecular weight is 376 g/mol. The Balaban J connectivity index is 1.84. The Labute approximate surface area is 165 Å². The maximum absolute atomic E-state index is 13.1. The maximum Gasteiger partial charge on any atom is 0.495 e. The van der Waals surface area contributed by atoms with Gasteiger partial charge in [-0.2, -0.15) is 0 Å². The van der Waals surface area contributed by atoms with E-state index in [0.29, 0.717) is 10.9 Å². The van der Waals surface area contributed by atoms with Gasteiger partial charge < -0.3 is 9.31 Å². The van der Waals surface area contributed by atoms with Gasteiger partial charge in [-0.15, -0.1) is 0 Å². The van der Waals surface area contributed by atoms with Crippen molar-refractivity contribution in [3.63, 3.8) is 0 Å². The normalized spacial score (nSPS) is 18.0. The van der Waals surface area contributed by atoms with Gasteiger partial charge in [-0.05, 0) is 70.8 Å². The Morgan fingerprint density at radius 3 is 2.36 bits per heavy atom. The van der Waals surface area contributed by atoms with Crippen LogP contribution < -0.4 is 11.0 Å². The van der Waals surface area contributed by atoms with Crippen molar-refractivity contribution in [2.45, 2.75) is 52.7 Å².